The SMILES string of the molecule is CC(C)(Cn1cnc(-c2cc(C3CNNN3)ccn2)c1)c1ccccc1Cl. The van der Waals surface area contributed by atoms with E-state index in [1.807, 2.05) is 43.0 Å². The maximum atomic E-state index is 6.40. The zero-order chi connectivity index (χ0) is 18.9. The number of imidazole rings is 1. The van der Waals surface area contributed by atoms with Gasteiger partial charge in [0.25, 0.3) is 0 Å². The third-order valence-electron chi connectivity index (χ3n) is 4.90. The highest BCUT2D eigenvalue weighted by molar-refractivity contribution is 6.31. The fourth-order valence-electron chi connectivity index (χ4n) is 3.48. The predicted molar refractivity (Wildman–Crippen MR) is 107 cm³/mol. The van der Waals surface area contributed by atoms with Crippen LogP contribution in [0, 0.1) is 0 Å². The molecule has 0 amide bonds. The van der Waals surface area contributed by atoms with E-state index >= 15 is 0 Å². The van der Waals surface area contributed by atoms with Crippen LogP contribution in [0.3, 0.4) is 0 Å². The van der Waals surface area contributed by atoms with Crippen LogP contribution >= 0.6 is 11.6 Å². The van der Waals surface area contributed by atoms with Gasteiger partial charge in [-0.05, 0) is 29.3 Å². The van der Waals surface area contributed by atoms with Crippen molar-refractivity contribution in [2.75, 3.05) is 6.54 Å². The van der Waals surface area contributed by atoms with E-state index < -0.39 is 0 Å². The molecule has 0 saturated carbocycles. The molecule has 6 nitrogen and oxygen atoms in total. The fraction of sp³-hybridized carbons (Fsp3) is 0.300. The summed E-state index contributed by atoms with van der Waals surface area (Å²) in [5.74, 6) is 0. The largest absolute Gasteiger partial charge is 0.336 e. The molecule has 1 aliphatic rings. The Morgan fingerprint density at radius 3 is 2.81 bits per heavy atom. The summed E-state index contributed by atoms with van der Waals surface area (Å²) in [5, 5.41) is 0.795. The standard InChI is InChI=1S/C20H23ClN6/c1-20(2,15-5-3-4-6-16(15)21)12-27-11-19(23-13-27)17-9-14(7-8-22-17)18-10-24-26-25-18/h3-9,11,13,18,24-26H,10,12H2,1-2H3. The molecule has 1 aliphatic heterocycles. The normalized spacial score (nSPS) is 17.4. The van der Waals surface area contributed by atoms with E-state index in [2.05, 4.69) is 56.9 Å². The minimum Gasteiger partial charge on any atom is -0.336 e. The lowest BCUT2D eigenvalue weighted by Crippen LogP contribution is -2.30. The van der Waals surface area contributed by atoms with Gasteiger partial charge in [0.05, 0.1) is 18.1 Å². The van der Waals surface area contributed by atoms with Gasteiger partial charge in [0, 0.05) is 35.9 Å². The Morgan fingerprint density at radius 1 is 1.19 bits per heavy atom. The number of pyridine rings is 1. The Hall–Kier alpha value is -2.25. The first-order valence-electron chi connectivity index (χ1n) is 8.99. The molecule has 1 saturated heterocycles. The van der Waals surface area contributed by atoms with Crippen molar-refractivity contribution < 1.29 is 0 Å². The van der Waals surface area contributed by atoms with E-state index in [1.165, 1.54) is 5.56 Å². The second kappa shape index (κ2) is 7.40. The van der Waals surface area contributed by atoms with Crippen molar-refractivity contribution in [2.45, 2.75) is 31.8 Å². The van der Waals surface area contributed by atoms with Crippen LogP contribution in [0.2, 0.25) is 5.02 Å². The number of hydrazine groups is 2. The smallest absolute Gasteiger partial charge is 0.107 e. The van der Waals surface area contributed by atoms with Gasteiger partial charge in [-0.2, -0.15) is 5.53 Å². The van der Waals surface area contributed by atoms with Crippen molar-refractivity contribution in [1.82, 2.24) is 30.9 Å². The number of nitrogens with zero attached hydrogens (tertiary/aromatic N) is 3. The van der Waals surface area contributed by atoms with Crippen molar-refractivity contribution in [3.8, 4) is 11.4 Å². The number of rotatable bonds is 5. The number of nitrogens with one attached hydrogen (secondary N) is 3. The predicted octanol–water partition coefficient (Wildman–Crippen LogP) is 3.23. The zero-order valence-corrected chi connectivity index (χ0v) is 16.2. The van der Waals surface area contributed by atoms with Gasteiger partial charge in [-0.25, -0.2) is 15.8 Å². The summed E-state index contributed by atoms with van der Waals surface area (Å²) in [4.78, 5) is 9.07. The number of aromatic nitrogens is 3. The summed E-state index contributed by atoms with van der Waals surface area (Å²) in [6.07, 6.45) is 5.74. The molecule has 2 aromatic heterocycles. The molecule has 0 radical (unpaired) electrons. The van der Waals surface area contributed by atoms with Gasteiger partial charge in [0.1, 0.15) is 5.69 Å². The second-order valence-electron chi connectivity index (χ2n) is 7.47. The molecule has 1 atom stereocenters. The van der Waals surface area contributed by atoms with Crippen molar-refractivity contribution >= 4 is 11.6 Å². The Bertz CT molecular complexity index is 929. The summed E-state index contributed by atoms with van der Waals surface area (Å²) < 4.78 is 2.10. The van der Waals surface area contributed by atoms with Gasteiger partial charge < -0.3 is 4.57 Å². The topological polar surface area (TPSA) is 66.8 Å². The molecular weight excluding hydrogens is 360 g/mol. The first-order chi connectivity index (χ1) is 13.0. The molecule has 140 valence electrons. The van der Waals surface area contributed by atoms with E-state index in [0.29, 0.717) is 0 Å². The van der Waals surface area contributed by atoms with Crippen molar-refractivity contribution in [1.29, 1.82) is 0 Å². The Balaban J connectivity index is 1.55. The first-order valence-corrected chi connectivity index (χ1v) is 9.37. The summed E-state index contributed by atoms with van der Waals surface area (Å²) in [5.41, 5.74) is 13.1. The molecule has 3 heterocycles. The summed E-state index contributed by atoms with van der Waals surface area (Å²) >= 11 is 6.40. The van der Waals surface area contributed by atoms with E-state index in [-0.39, 0.29) is 11.5 Å². The molecule has 1 fully saturated rings. The van der Waals surface area contributed by atoms with Gasteiger partial charge in [-0.1, -0.05) is 43.6 Å². The molecule has 4 rings (SSSR count). The highest BCUT2D eigenvalue weighted by Gasteiger charge is 2.24. The van der Waals surface area contributed by atoms with Crippen molar-refractivity contribution in [3.05, 3.63) is 71.3 Å². The van der Waals surface area contributed by atoms with Crippen LogP contribution in [-0.2, 0) is 12.0 Å². The molecule has 3 aromatic rings. The van der Waals surface area contributed by atoms with Gasteiger partial charge >= 0.3 is 0 Å². The van der Waals surface area contributed by atoms with Crippen molar-refractivity contribution in [3.63, 3.8) is 0 Å². The molecular formula is C20H23ClN6. The first kappa shape index (κ1) is 18.1. The van der Waals surface area contributed by atoms with Crippen LogP contribution in [0.4, 0.5) is 0 Å². The van der Waals surface area contributed by atoms with E-state index in [4.69, 9.17) is 11.6 Å². The number of hydrogen-bond acceptors (Lipinski definition) is 5. The van der Waals surface area contributed by atoms with E-state index in [1.54, 1.807) is 0 Å². The summed E-state index contributed by atoms with van der Waals surface area (Å²) in [6.45, 7) is 5.99. The zero-order valence-electron chi connectivity index (χ0n) is 15.4. The lowest BCUT2D eigenvalue weighted by Gasteiger charge is -2.26. The third kappa shape index (κ3) is 3.89. The molecule has 7 heteroatoms. The maximum Gasteiger partial charge on any atom is 0.107 e. The maximum absolute atomic E-state index is 6.40. The number of halogens is 1. The van der Waals surface area contributed by atoms with Crippen molar-refractivity contribution in [2.24, 2.45) is 0 Å². The Labute approximate surface area is 163 Å². The lowest BCUT2D eigenvalue weighted by molar-refractivity contribution is 0.435. The molecule has 1 aromatic carbocycles. The summed E-state index contributed by atoms with van der Waals surface area (Å²) in [6, 6.07) is 12.3. The molecule has 27 heavy (non-hydrogen) atoms. The molecule has 0 spiro atoms. The minimum atomic E-state index is -0.114. The number of hydrogen-bond donors (Lipinski definition) is 3. The summed E-state index contributed by atoms with van der Waals surface area (Å²) in [7, 11) is 0. The van der Waals surface area contributed by atoms with Gasteiger partial charge in [-0.3, -0.25) is 4.98 Å². The quantitative estimate of drug-likeness (QED) is 0.632. The fourth-order valence-corrected chi connectivity index (χ4v) is 3.87. The van der Waals surface area contributed by atoms with Gasteiger partial charge in [0.2, 0.25) is 0 Å². The van der Waals surface area contributed by atoms with Crippen LogP contribution in [0.15, 0.2) is 55.1 Å². The van der Waals surface area contributed by atoms with E-state index in [9.17, 15) is 0 Å². The highest BCUT2D eigenvalue weighted by Crippen LogP contribution is 2.31. The molecule has 1 unspecified atom stereocenters. The van der Waals surface area contributed by atoms with E-state index in [0.717, 1.165) is 35.1 Å². The Morgan fingerprint density at radius 2 is 2.04 bits per heavy atom. The van der Waals surface area contributed by atoms with Gasteiger partial charge in [0.15, 0.2) is 0 Å². The van der Waals surface area contributed by atoms with Crippen LogP contribution in [-0.4, -0.2) is 21.1 Å². The van der Waals surface area contributed by atoms with Crippen LogP contribution in [0.1, 0.15) is 31.0 Å². The average molecular weight is 383 g/mol. The monoisotopic (exact) mass is 382 g/mol. The van der Waals surface area contributed by atoms with Crippen LogP contribution in [0.25, 0.3) is 11.4 Å². The lowest BCUT2D eigenvalue weighted by atomic mass is 9.84. The number of benzene rings is 1. The minimum absolute atomic E-state index is 0.114. The van der Waals surface area contributed by atoms with Gasteiger partial charge in [-0.15, -0.1) is 0 Å². The molecule has 3 N–H and O–H groups in total. The Kier molecular flexibility index (Phi) is 4.97. The second-order valence-corrected chi connectivity index (χ2v) is 7.88. The van der Waals surface area contributed by atoms with Crippen LogP contribution < -0.4 is 16.4 Å². The highest BCUT2D eigenvalue weighted by atomic mass is 35.5. The molecule has 0 bridgehead atoms. The molecule has 0 aliphatic carbocycles. The third-order valence-corrected chi connectivity index (χ3v) is 5.23. The average Bonchev–Trinajstić information content (AvgIpc) is 3.34. The van der Waals surface area contributed by atoms with Crippen LogP contribution in [0.5, 0.6) is 0 Å².